The van der Waals surface area contributed by atoms with E-state index in [4.69, 9.17) is 11.6 Å². The fraction of sp³-hybridized carbons (Fsp3) is 0.294. The summed E-state index contributed by atoms with van der Waals surface area (Å²) in [6.07, 6.45) is 0. The second-order valence-electron chi connectivity index (χ2n) is 5.25. The van der Waals surface area contributed by atoms with Gasteiger partial charge >= 0.3 is 0 Å². The molecule has 0 aliphatic carbocycles. The van der Waals surface area contributed by atoms with Crippen LogP contribution in [0.2, 0.25) is 5.02 Å². The van der Waals surface area contributed by atoms with Gasteiger partial charge in [0.15, 0.2) is 0 Å². The minimum Gasteiger partial charge on any atom is -0.306 e. The Labute approximate surface area is 138 Å². The van der Waals surface area contributed by atoms with Crippen molar-refractivity contribution in [3.63, 3.8) is 0 Å². The smallest absolute Gasteiger partial charge is 0.0686 e. The Balaban J connectivity index is 2.09. The van der Waals surface area contributed by atoms with Crippen LogP contribution in [-0.2, 0) is 0 Å². The van der Waals surface area contributed by atoms with Crippen LogP contribution in [0.5, 0.6) is 0 Å². The first-order chi connectivity index (χ1) is 10.1. The summed E-state index contributed by atoms with van der Waals surface area (Å²) in [7, 11) is 0. The highest BCUT2D eigenvalue weighted by atomic mass is 35.5. The van der Waals surface area contributed by atoms with Crippen molar-refractivity contribution in [2.45, 2.75) is 26.8 Å². The van der Waals surface area contributed by atoms with Crippen LogP contribution >= 0.6 is 34.3 Å². The standard InChI is InChI=1S/C17H18ClNS2/c1-4-19-17(12-7-10(2)11(3)8-13(12)18)16-9-15-14(21-16)5-6-20-15/h5-9,17,19H,4H2,1-3H3. The quantitative estimate of drug-likeness (QED) is 0.622. The van der Waals surface area contributed by atoms with Crippen LogP contribution in [0, 0.1) is 13.8 Å². The maximum Gasteiger partial charge on any atom is 0.0686 e. The largest absolute Gasteiger partial charge is 0.306 e. The molecule has 3 rings (SSSR count). The summed E-state index contributed by atoms with van der Waals surface area (Å²) in [4.78, 5) is 1.34. The predicted octanol–water partition coefficient (Wildman–Crippen LogP) is 5.93. The summed E-state index contributed by atoms with van der Waals surface area (Å²) in [5, 5.41) is 6.58. The van der Waals surface area contributed by atoms with Crippen molar-refractivity contribution in [1.29, 1.82) is 0 Å². The Hall–Kier alpha value is -0.870. The number of hydrogen-bond donors (Lipinski definition) is 1. The van der Waals surface area contributed by atoms with Crippen LogP contribution in [0.4, 0.5) is 0 Å². The molecule has 0 saturated heterocycles. The van der Waals surface area contributed by atoms with E-state index in [-0.39, 0.29) is 6.04 Å². The molecular formula is C17H18ClNS2. The van der Waals surface area contributed by atoms with Gasteiger partial charge in [0.05, 0.1) is 6.04 Å². The van der Waals surface area contributed by atoms with Crippen LogP contribution in [0.15, 0.2) is 29.6 Å². The lowest BCUT2D eigenvalue weighted by atomic mass is 9.99. The third-order valence-corrected chi connectivity index (χ3v) is 6.26. The molecule has 0 fully saturated rings. The summed E-state index contributed by atoms with van der Waals surface area (Å²) < 4.78 is 2.72. The molecule has 2 aromatic heterocycles. The first-order valence-electron chi connectivity index (χ1n) is 7.07. The monoisotopic (exact) mass is 335 g/mol. The average Bonchev–Trinajstić information content (AvgIpc) is 3.01. The van der Waals surface area contributed by atoms with Crippen LogP contribution in [0.1, 0.15) is 34.5 Å². The van der Waals surface area contributed by atoms with Gasteiger partial charge in [0.1, 0.15) is 0 Å². The fourth-order valence-corrected chi connectivity index (χ4v) is 5.06. The summed E-state index contributed by atoms with van der Waals surface area (Å²) in [5.74, 6) is 0. The molecule has 1 atom stereocenters. The number of halogens is 1. The molecule has 0 amide bonds. The van der Waals surface area contributed by atoms with E-state index < -0.39 is 0 Å². The molecule has 0 bridgehead atoms. The molecule has 1 nitrogen and oxygen atoms in total. The second-order valence-corrected chi connectivity index (χ2v) is 7.72. The average molecular weight is 336 g/mol. The molecule has 1 N–H and O–H groups in total. The van der Waals surface area contributed by atoms with Crippen molar-refractivity contribution >= 4 is 43.7 Å². The number of rotatable bonds is 4. The summed E-state index contributed by atoms with van der Waals surface area (Å²) in [6, 6.07) is 8.96. The van der Waals surface area contributed by atoms with Gasteiger partial charge in [0.2, 0.25) is 0 Å². The number of nitrogens with one attached hydrogen (secondary N) is 1. The van der Waals surface area contributed by atoms with E-state index in [0.717, 1.165) is 11.6 Å². The molecule has 1 aromatic carbocycles. The summed E-state index contributed by atoms with van der Waals surface area (Å²) in [5.41, 5.74) is 3.71. The van der Waals surface area contributed by atoms with Crippen molar-refractivity contribution in [3.8, 4) is 0 Å². The number of benzene rings is 1. The van der Waals surface area contributed by atoms with Crippen LogP contribution < -0.4 is 5.32 Å². The maximum absolute atomic E-state index is 6.52. The van der Waals surface area contributed by atoms with Gasteiger partial charge < -0.3 is 5.32 Å². The van der Waals surface area contributed by atoms with Crippen molar-refractivity contribution in [2.24, 2.45) is 0 Å². The zero-order chi connectivity index (χ0) is 15.0. The van der Waals surface area contributed by atoms with E-state index in [1.165, 1.54) is 31.0 Å². The first-order valence-corrected chi connectivity index (χ1v) is 9.14. The number of fused-ring (bicyclic) bond motifs is 1. The summed E-state index contributed by atoms with van der Waals surface area (Å²) >= 11 is 10.2. The van der Waals surface area contributed by atoms with Gasteiger partial charge in [-0.2, -0.15) is 0 Å². The van der Waals surface area contributed by atoms with E-state index >= 15 is 0 Å². The lowest BCUT2D eigenvalue weighted by Crippen LogP contribution is -2.21. The van der Waals surface area contributed by atoms with Gasteiger partial charge in [-0.05, 0) is 60.7 Å². The number of hydrogen-bond acceptors (Lipinski definition) is 3. The van der Waals surface area contributed by atoms with Gasteiger partial charge in [-0.1, -0.05) is 24.6 Å². The van der Waals surface area contributed by atoms with E-state index in [9.17, 15) is 0 Å². The van der Waals surface area contributed by atoms with Crippen LogP contribution in [0.3, 0.4) is 0 Å². The molecule has 3 aromatic rings. The van der Waals surface area contributed by atoms with E-state index in [2.05, 4.69) is 55.7 Å². The number of aryl methyl sites for hydroxylation is 2. The molecule has 0 radical (unpaired) electrons. The maximum atomic E-state index is 6.52. The van der Waals surface area contributed by atoms with Gasteiger partial charge in [-0.15, -0.1) is 22.7 Å². The molecule has 0 aliphatic rings. The molecule has 2 heterocycles. The highest BCUT2D eigenvalue weighted by Crippen LogP contribution is 2.38. The van der Waals surface area contributed by atoms with Gasteiger partial charge in [-0.3, -0.25) is 0 Å². The molecule has 4 heteroatoms. The fourth-order valence-electron chi connectivity index (χ4n) is 2.52. The minimum absolute atomic E-state index is 0.173. The molecule has 21 heavy (non-hydrogen) atoms. The highest BCUT2D eigenvalue weighted by molar-refractivity contribution is 7.27. The second kappa shape index (κ2) is 6.09. The predicted molar refractivity (Wildman–Crippen MR) is 96.1 cm³/mol. The Morgan fingerprint density at radius 3 is 2.62 bits per heavy atom. The van der Waals surface area contributed by atoms with Crippen LogP contribution in [0.25, 0.3) is 9.40 Å². The Bertz CT molecular complexity index is 744. The third-order valence-electron chi connectivity index (χ3n) is 3.78. The van der Waals surface area contributed by atoms with Gasteiger partial charge in [0.25, 0.3) is 0 Å². The highest BCUT2D eigenvalue weighted by Gasteiger charge is 2.19. The SMILES string of the molecule is CCNC(c1cc2sccc2s1)c1cc(C)c(C)cc1Cl. The molecule has 0 aliphatic heterocycles. The van der Waals surface area contributed by atoms with E-state index in [1.807, 2.05) is 11.3 Å². The summed E-state index contributed by atoms with van der Waals surface area (Å²) in [6.45, 7) is 7.30. The van der Waals surface area contributed by atoms with E-state index in [0.29, 0.717) is 0 Å². The topological polar surface area (TPSA) is 12.0 Å². The van der Waals surface area contributed by atoms with Crippen LogP contribution in [-0.4, -0.2) is 6.54 Å². The Kier molecular flexibility index (Phi) is 4.36. The third kappa shape index (κ3) is 2.88. The zero-order valence-electron chi connectivity index (χ0n) is 12.4. The molecule has 110 valence electrons. The first kappa shape index (κ1) is 15.0. The van der Waals surface area contributed by atoms with Crippen molar-refractivity contribution in [2.75, 3.05) is 6.54 Å². The van der Waals surface area contributed by atoms with Crippen molar-refractivity contribution in [3.05, 3.63) is 56.2 Å². The Morgan fingerprint density at radius 2 is 1.90 bits per heavy atom. The molecule has 0 saturated carbocycles. The Morgan fingerprint density at radius 1 is 1.14 bits per heavy atom. The lowest BCUT2D eigenvalue weighted by Gasteiger charge is -2.19. The van der Waals surface area contributed by atoms with Gasteiger partial charge in [0, 0.05) is 19.3 Å². The zero-order valence-corrected chi connectivity index (χ0v) is 14.8. The normalized spacial score (nSPS) is 13.0. The molecular weight excluding hydrogens is 318 g/mol. The van der Waals surface area contributed by atoms with Crippen molar-refractivity contribution < 1.29 is 0 Å². The number of thiophene rings is 2. The molecule has 1 unspecified atom stereocenters. The van der Waals surface area contributed by atoms with Crippen molar-refractivity contribution in [1.82, 2.24) is 5.32 Å². The van der Waals surface area contributed by atoms with Gasteiger partial charge in [-0.25, -0.2) is 0 Å². The lowest BCUT2D eigenvalue weighted by molar-refractivity contribution is 0.639. The van der Waals surface area contributed by atoms with E-state index in [1.54, 1.807) is 11.3 Å². The molecule has 0 spiro atoms. The minimum atomic E-state index is 0.173.